The van der Waals surface area contributed by atoms with Gasteiger partial charge in [0.15, 0.2) is 5.69 Å². The Balaban J connectivity index is 2.22. The summed E-state index contributed by atoms with van der Waals surface area (Å²) >= 11 is 0. The van der Waals surface area contributed by atoms with E-state index in [0.717, 1.165) is 0 Å². The van der Waals surface area contributed by atoms with E-state index in [2.05, 4.69) is 9.97 Å². The molecule has 2 rings (SSSR count). The summed E-state index contributed by atoms with van der Waals surface area (Å²) in [5.41, 5.74) is 0.886. The molecule has 1 aromatic carbocycles. The molecular weight excluding hydrogens is 292 g/mol. The van der Waals surface area contributed by atoms with Gasteiger partial charge in [-0.05, 0) is 6.07 Å². The summed E-state index contributed by atoms with van der Waals surface area (Å²) in [6, 6.07) is 6.34. The van der Waals surface area contributed by atoms with E-state index in [1.54, 1.807) is 6.07 Å². The average Bonchev–Trinajstić information content (AvgIpc) is 2.45. The lowest BCUT2D eigenvalue weighted by Gasteiger charge is -2.11. The first-order valence-corrected chi connectivity index (χ1v) is 5.69. The normalized spacial score (nSPS) is 11.3. The molecule has 0 aliphatic carbocycles. The number of benzene rings is 1. The molecule has 112 valence electrons. The van der Waals surface area contributed by atoms with Crippen LogP contribution in [-0.2, 0) is 12.8 Å². The highest BCUT2D eigenvalue weighted by molar-refractivity contribution is 5.31. The Hall–Kier alpha value is -2.42. The van der Waals surface area contributed by atoms with Gasteiger partial charge >= 0.3 is 6.18 Å². The van der Waals surface area contributed by atoms with Gasteiger partial charge in [-0.25, -0.2) is 15.2 Å². The number of nitrogen functional groups attached to an aromatic ring is 1. The molecule has 5 nitrogen and oxygen atoms in total. The van der Waals surface area contributed by atoms with Crippen LogP contribution in [0.1, 0.15) is 11.3 Å². The Bertz CT molecular complexity index is 633. The Morgan fingerprint density at radius 3 is 2.52 bits per heavy atom. The summed E-state index contributed by atoms with van der Waals surface area (Å²) in [5.74, 6) is 3.66. The third-order valence-electron chi connectivity index (χ3n) is 2.46. The van der Waals surface area contributed by atoms with Crippen molar-refractivity contribution in [3.63, 3.8) is 0 Å². The molecule has 0 unspecified atom stereocenters. The fraction of sp³-hybridized carbons (Fsp3) is 0.167. The van der Waals surface area contributed by atoms with Crippen LogP contribution in [-0.4, -0.2) is 9.97 Å². The van der Waals surface area contributed by atoms with Gasteiger partial charge in [0.1, 0.15) is 12.4 Å². The fourth-order valence-corrected chi connectivity index (χ4v) is 1.48. The Morgan fingerprint density at radius 1 is 1.19 bits per heavy atom. The number of nitrogens with zero attached hydrogens (tertiary/aromatic N) is 2. The molecular formula is C12H10F4N4O. The van der Waals surface area contributed by atoms with E-state index in [-0.39, 0.29) is 18.1 Å². The largest absolute Gasteiger partial charge is 0.473 e. The number of nitrogens with two attached hydrogens (primary N) is 1. The van der Waals surface area contributed by atoms with Crippen LogP contribution in [0, 0.1) is 5.82 Å². The van der Waals surface area contributed by atoms with Crippen LogP contribution in [0.4, 0.5) is 23.5 Å². The van der Waals surface area contributed by atoms with E-state index in [0.29, 0.717) is 6.07 Å². The molecule has 1 aromatic heterocycles. The summed E-state index contributed by atoms with van der Waals surface area (Å²) in [6.45, 7) is -0.273. The quantitative estimate of drug-likeness (QED) is 0.516. The number of halogens is 4. The second-order valence-electron chi connectivity index (χ2n) is 3.94. The summed E-state index contributed by atoms with van der Waals surface area (Å²) < 4.78 is 56.4. The molecule has 0 atom stereocenters. The zero-order valence-electron chi connectivity index (χ0n) is 10.5. The number of hydrogen-bond acceptors (Lipinski definition) is 5. The number of hydrazine groups is 1. The molecule has 0 radical (unpaired) electrons. The number of ether oxygens (including phenoxy) is 1. The molecule has 0 fully saturated rings. The van der Waals surface area contributed by atoms with Crippen molar-refractivity contribution >= 4 is 5.95 Å². The molecule has 9 heteroatoms. The van der Waals surface area contributed by atoms with Gasteiger partial charge in [0.25, 0.3) is 0 Å². The molecule has 0 aliphatic rings. The fourth-order valence-electron chi connectivity index (χ4n) is 1.48. The molecule has 0 bridgehead atoms. The van der Waals surface area contributed by atoms with E-state index < -0.39 is 23.6 Å². The van der Waals surface area contributed by atoms with E-state index in [4.69, 9.17) is 10.6 Å². The minimum Gasteiger partial charge on any atom is -0.473 e. The lowest BCUT2D eigenvalue weighted by molar-refractivity contribution is -0.141. The van der Waals surface area contributed by atoms with E-state index in [9.17, 15) is 17.6 Å². The first kappa shape index (κ1) is 15.0. The van der Waals surface area contributed by atoms with Gasteiger partial charge in [0.2, 0.25) is 11.8 Å². The maximum Gasteiger partial charge on any atom is 0.433 e. The number of anilines is 1. The number of nitrogens with one attached hydrogen (secondary N) is 1. The highest BCUT2D eigenvalue weighted by atomic mass is 19.4. The van der Waals surface area contributed by atoms with Gasteiger partial charge in [-0.1, -0.05) is 18.2 Å². The van der Waals surface area contributed by atoms with Crippen LogP contribution in [0.2, 0.25) is 0 Å². The number of alkyl halides is 3. The maximum absolute atomic E-state index is 13.4. The molecule has 0 saturated heterocycles. The second-order valence-corrected chi connectivity index (χ2v) is 3.94. The molecule has 1 heterocycles. The second kappa shape index (κ2) is 5.92. The topological polar surface area (TPSA) is 73.1 Å². The molecule has 0 aliphatic heterocycles. The molecule has 0 saturated carbocycles. The van der Waals surface area contributed by atoms with Crippen molar-refractivity contribution in [1.82, 2.24) is 9.97 Å². The van der Waals surface area contributed by atoms with Crippen molar-refractivity contribution in [3.05, 3.63) is 47.4 Å². The molecule has 2 aromatic rings. The Morgan fingerprint density at radius 2 is 1.90 bits per heavy atom. The van der Waals surface area contributed by atoms with E-state index >= 15 is 0 Å². The minimum absolute atomic E-state index is 0.187. The highest BCUT2D eigenvalue weighted by Crippen LogP contribution is 2.30. The first-order valence-electron chi connectivity index (χ1n) is 5.69. The van der Waals surface area contributed by atoms with Crippen molar-refractivity contribution < 1.29 is 22.3 Å². The van der Waals surface area contributed by atoms with Crippen LogP contribution in [0.15, 0.2) is 30.3 Å². The van der Waals surface area contributed by atoms with Crippen molar-refractivity contribution in [3.8, 4) is 5.88 Å². The zero-order chi connectivity index (χ0) is 15.5. The molecule has 0 amide bonds. The van der Waals surface area contributed by atoms with Crippen molar-refractivity contribution in [2.45, 2.75) is 12.8 Å². The van der Waals surface area contributed by atoms with E-state index in [1.807, 2.05) is 5.43 Å². The predicted molar refractivity (Wildman–Crippen MR) is 65.6 cm³/mol. The monoisotopic (exact) mass is 302 g/mol. The van der Waals surface area contributed by atoms with E-state index in [1.165, 1.54) is 18.2 Å². The van der Waals surface area contributed by atoms with Gasteiger partial charge in [-0.3, -0.25) is 5.43 Å². The summed E-state index contributed by atoms with van der Waals surface area (Å²) in [7, 11) is 0. The summed E-state index contributed by atoms with van der Waals surface area (Å²) in [6.07, 6.45) is -4.68. The Kier molecular flexibility index (Phi) is 4.22. The number of hydrogen-bond donors (Lipinski definition) is 2. The third kappa shape index (κ3) is 3.78. The standard InChI is InChI=1S/C12H10F4N4O/c13-8-4-2-1-3-7(8)6-21-10-5-9(12(14,15)16)18-11(19-10)20-17/h1-5H,6,17H2,(H,18,19,20). The average molecular weight is 302 g/mol. The minimum atomic E-state index is -4.68. The predicted octanol–water partition coefficient (Wildman–Crippen LogP) is 2.50. The molecule has 3 N–H and O–H groups in total. The SMILES string of the molecule is NNc1nc(OCc2ccccc2F)cc(C(F)(F)F)n1. The van der Waals surface area contributed by atoms with Crippen LogP contribution in [0.3, 0.4) is 0 Å². The lowest BCUT2D eigenvalue weighted by Crippen LogP contribution is -2.16. The van der Waals surface area contributed by atoms with Gasteiger partial charge < -0.3 is 4.74 Å². The van der Waals surface area contributed by atoms with Crippen LogP contribution in [0.5, 0.6) is 5.88 Å². The third-order valence-corrected chi connectivity index (χ3v) is 2.46. The maximum atomic E-state index is 13.4. The van der Waals surface area contributed by atoms with Gasteiger partial charge in [0, 0.05) is 11.6 Å². The van der Waals surface area contributed by atoms with Gasteiger partial charge in [-0.2, -0.15) is 18.2 Å². The zero-order valence-corrected chi connectivity index (χ0v) is 10.5. The Labute approximate surface area is 116 Å². The smallest absolute Gasteiger partial charge is 0.433 e. The number of aromatic nitrogens is 2. The van der Waals surface area contributed by atoms with Gasteiger partial charge in [0.05, 0.1) is 0 Å². The molecule has 0 spiro atoms. The summed E-state index contributed by atoms with van der Waals surface area (Å²) in [4.78, 5) is 6.79. The van der Waals surface area contributed by atoms with Crippen molar-refractivity contribution in [1.29, 1.82) is 0 Å². The van der Waals surface area contributed by atoms with Crippen LogP contribution >= 0.6 is 0 Å². The molecule has 21 heavy (non-hydrogen) atoms. The van der Waals surface area contributed by atoms with Crippen molar-refractivity contribution in [2.75, 3.05) is 5.43 Å². The first-order chi connectivity index (χ1) is 9.90. The number of rotatable bonds is 4. The van der Waals surface area contributed by atoms with Crippen molar-refractivity contribution in [2.24, 2.45) is 5.84 Å². The van der Waals surface area contributed by atoms with Gasteiger partial charge in [-0.15, -0.1) is 0 Å². The van der Waals surface area contributed by atoms with Crippen LogP contribution < -0.4 is 16.0 Å². The highest BCUT2D eigenvalue weighted by Gasteiger charge is 2.34. The summed E-state index contributed by atoms with van der Waals surface area (Å²) in [5, 5.41) is 0. The lowest BCUT2D eigenvalue weighted by atomic mass is 10.2. The van der Waals surface area contributed by atoms with Crippen LogP contribution in [0.25, 0.3) is 0 Å².